The van der Waals surface area contributed by atoms with Crippen LogP contribution in [0, 0.1) is 18.3 Å². The minimum Gasteiger partial charge on any atom is -0.292 e. The summed E-state index contributed by atoms with van der Waals surface area (Å²) >= 11 is 1.51. The van der Waals surface area contributed by atoms with Crippen molar-refractivity contribution in [1.82, 2.24) is 9.88 Å². The number of rotatable bonds is 7. The molecular weight excluding hydrogens is 282 g/mol. The Morgan fingerprint density at radius 2 is 2.29 bits per heavy atom. The average Bonchev–Trinajstić information content (AvgIpc) is 2.92. The molecule has 0 spiro atoms. The first-order valence-electron chi connectivity index (χ1n) is 6.77. The molecule has 0 radical (unpaired) electrons. The number of aryl methyl sites for hydroxylation is 1. The highest BCUT2D eigenvalue weighted by atomic mass is 32.1. The highest BCUT2D eigenvalue weighted by Gasteiger charge is 2.14. The van der Waals surface area contributed by atoms with E-state index in [1.54, 1.807) is 12.4 Å². The van der Waals surface area contributed by atoms with E-state index in [0.29, 0.717) is 26.1 Å². The lowest BCUT2D eigenvalue weighted by Gasteiger charge is -2.19. The predicted molar refractivity (Wildman–Crippen MR) is 83.1 cm³/mol. The highest BCUT2D eigenvalue weighted by Crippen LogP contribution is 2.16. The molecule has 0 aromatic carbocycles. The largest absolute Gasteiger partial charge is 0.292 e. The van der Waals surface area contributed by atoms with E-state index >= 15 is 0 Å². The number of thiophene rings is 1. The summed E-state index contributed by atoms with van der Waals surface area (Å²) in [5.74, 6) is 0.106. The fraction of sp³-hybridized carbons (Fsp3) is 0.312. The van der Waals surface area contributed by atoms with Crippen molar-refractivity contribution in [3.63, 3.8) is 0 Å². The van der Waals surface area contributed by atoms with Gasteiger partial charge in [-0.1, -0.05) is 6.07 Å². The zero-order valence-corrected chi connectivity index (χ0v) is 12.8. The second-order valence-electron chi connectivity index (χ2n) is 4.81. The Morgan fingerprint density at radius 1 is 1.43 bits per heavy atom. The SMILES string of the molecule is Cc1ccc(C(=O)CN(CCC#N)Cc2cccnc2)s1. The van der Waals surface area contributed by atoms with Crippen LogP contribution in [-0.4, -0.2) is 28.8 Å². The maximum atomic E-state index is 12.3. The Labute approximate surface area is 128 Å². The predicted octanol–water partition coefficient (Wildman–Crippen LogP) is 3.05. The summed E-state index contributed by atoms with van der Waals surface area (Å²) in [6, 6.07) is 9.82. The van der Waals surface area contributed by atoms with Gasteiger partial charge in [0.2, 0.25) is 0 Å². The molecule has 2 rings (SSSR count). The molecule has 0 unspecified atom stereocenters. The first-order valence-corrected chi connectivity index (χ1v) is 7.58. The van der Waals surface area contributed by atoms with Crippen LogP contribution in [0.3, 0.4) is 0 Å². The Hall–Kier alpha value is -2.03. The molecule has 2 heterocycles. The van der Waals surface area contributed by atoms with Gasteiger partial charge in [0.15, 0.2) is 5.78 Å². The van der Waals surface area contributed by atoms with Gasteiger partial charge in [-0.15, -0.1) is 11.3 Å². The van der Waals surface area contributed by atoms with Gasteiger partial charge in [-0.05, 0) is 30.7 Å². The smallest absolute Gasteiger partial charge is 0.186 e. The van der Waals surface area contributed by atoms with Gasteiger partial charge in [0.25, 0.3) is 0 Å². The van der Waals surface area contributed by atoms with Crippen LogP contribution >= 0.6 is 11.3 Å². The molecule has 0 N–H and O–H groups in total. The summed E-state index contributed by atoms with van der Waals surface area (Å²) in [6.07, 6.45) is 3.93. The zero-order chi connectivity index (χ0) is 15.1. The van der Waals surface area contributed by atoms with Gasteiger partial charge in [-0.2, -0.15) is 5.26 Å². The number of Topliss-reactive ketones (excluding diaryl/α,β-unsaturated/α-hetero) is 1. The number of hydrogen-bond donors (Lipinski definition) is 0. The third-order valence-electron chi connectivity index (χ3n) is 3.05. The minimum atomic E-state index is 0.106. The van der Waals surface area contributed by atoms with Crippen LogP contribution in [0.5, 0.6) is 0 Å². The molecule has 4 nitrogen and oxygen atoms in total. The van der Waals surface area contributed by atoms with E-state index < -0.39 is 0 Å². The molecule has 5 heteroatoms. The van der Waals surface area contributed by atoms with Crippen LogP contribution in [0.25, 0.3) is 0 Å². The monoisotopic (exact) mass is 299 g/mol. The first-order chi connectivity index (χ1) is 10.2. The van der Waals surface area contributed by atoms with Gasteiger partial charge in [0.05, 0.1) is 17.5 Å². The minimum absolute atomic E-state index is 0.106. The molecule has 21 heavy (non-hydrogen) atoms. The maximum Gasteiger partial charge on any atom is 0.186 e. The fourth-order valence-corrected chi connectivity index (χ4v) is 2.83. The third-order valence-corrected chi connectivity index (χ3v) is 4.09. The van der Waals surface area contributed by atoms with E-state index in [1.165, 1.54) is 11.3 Å². The molecule has 0 amide bonds. The normalized spacial score (nSPS) is 10.5. The molecule has 0 saturated carbocycles. The quantitative estimate of drug-likeness (QED) is 0.737. The van der Waals surface area contributed by atoms with E-state index in [2.05, 4.69) is 11.1 Å². The second kappa shape index (κ2) is 7.67. The van der Waals surface area contributed by atoms with Crippen molar-refractivity contribution in [3.8, 4) is 6.07 Å². The zero-order valence-electron chi connectivity index (χ0n) is 12.0. The van der Waals surface area contributed by atoms with Crippen molar-refractivity contribution in [2.45, 2.75) is 19.9 Å². The standard InChI is InChI=1S/C16H17N3OS/c1-13-5-6-16(21-13)15(20)12-19(9-3-7-17)11-14-4-2-8-18-10-14/h2,4-6,8,10H,3,9,11-12H2,1H3. The van der Waals surface area contributed by atoms with Gasteiger partial charge in [0.1, 0.15) is 0 Å². The average molecular weight is 299 g/mol. The Morgan fingerprint density at radius 3 is 2.90 bits per heavy atom. The molecule has 0 aliphatic rings. The molecule has 0 aliphatic carbocycles. The molecule has 108 valence electrons. The summed E-state index contributed by atoms with van der Waals surface area (Å²) in [4.78, 5) is 20.3. The van der Waals surface area contributed by atoms with Crippen molar-refractivity contribution in [3.05, 3.63) is 52.0 Å². The molecule has 2 aromatic heterocycles. The van der Waals surface area contributed by atoms with Gasteiger partial charge in [-0.3, -0.25) is 14.7 Å². The van der Waals surface area contributed by atoms with Crippen molar-refractivity contribution >= 4 is 17.1 Å². The van der Waals surface area contributed by atoms with Gasteiger partial charge in [0, 0.05) is 36.8 Å². The molecule has 0 aliphatic heterocycles. The number of ketones is 1. The van der Waals surface area contributed by atoms with E-state index in [-0.39, 0.29) is 5.78 Å². The van der Waals surface area contributed by atoms with E-state index in [0.717, 1.165) is 15.3 Å². The van der Waals surface area contributed by atoms with Crippen molar-refractivity contribution in [1.29, 1.82) is 5.26 Å². The number of nitriles is 1. The number of carbonyl (C=O) groups is 1. The molecule has 2 aromatic rings. The summed E-state index contributed by atoms with van der Waals surface area (Å²) < 4.78 is 0. The number of carbonyl (C=O) groups excluding carboxylic acids is 1. The first kappa shape index (κ1) is 15.4. The van der Waals surface area contributed by atoms with Crippen LogP contribution in [0.2, 0.25) is 0 Å². The third kappa shape index (κ3) is 4.78. The number of pyridine rings is 1. The summed E-state index contributed by atoms with van der Waals surface area (Å²) in [5.41, 5.74) is 1.05. The number of nitrogens with zero attached hydrogens (tertiary/aromatic N) is 3. The van der Waals surface area contributed by atoms with Crippen molar-refractivity contribution < 1.29 is 4.79 Å². The molecule has 0 atom stereocenters. The summed E-state index contributed by atoms with van der Waals surface area (Å²) in [6.45, 7) is 3.54. The van der Waals surface area contributed by atoms with Crippen LogP contribution in [0.1, 0.15) is 26.5 Å². The van der Waals surface area contributed by atoms with E-state index in [4.69, 9.17) is 5.26 Å². The van der Waals surface area contributed by atoms with Crippen LogP contribution in [0.15, 0.2) is 36.7 Å². The van der Waals surface area contributed by atoms with Crippen molar-refractivity contribution in [2.24, 2.45) is 0 Å². The maximum absolute atomic E-state index is 12.3. The lowest BCUT2D eigenvalue weighted by molar-refractivity contribution is 0.0931. The van der Waals surface area contributed by atoms with Crippen LogP contribution in [0.4, 0.5) is 0 Å². The van der Waals surface area contributed by atoms with Gasteiger partial charge in [-0.25, -0.2) is 0 Å². The molecule has 0 bridgehead atoms. The van der Waals surface area contributed by atoms with Gasteiger partial charge < -0.3 is 0 Å². The van der Waals surface area contributed by atoms with Crippen LogP contribution < -0.4 is 0 Å². The summed E-state index contributed by atoms with van der Waals surface area (Å²) in [5, 5.41) is 8.76. The molecule has 0 fully saturated rings. The number of hydrogen-bond acceptors (Lipinski definition) is 5. The Bertz CT molecular complexity index is 630. The Kier molecular flexibility index (Phi) is 5.61. The summed E-state index contributed by atoms with van der Waals surface area (Å²) in [7, 11) is 0. The molecule has 0 saturated heterocycles. The molecular formula is C16H17N3OS. The number of aromatic nitrogens is 1. The van der Waals surface area contributed by atoms with E-state index in [9.17, 15) is 4.79 Å². The topological polar surface area (TPSA) is 57.0 Å². The highest BCUT2D eigenvalue weighted by molar-refractivity contribution is 7.14. The van der Waals surface area contributed by atoms with Crippen LogP contribution in [-0.2, 0) is 6.54 Å². The second-order valence-corrected chi connectivity index (χ2v) is 6.10. The van der Waals surface area contributed by atoms with Gasteiger partial charge >= 0.3 is 0 Å². The fourth-order valence-electron chi connectivity index (χ4n) is 2.04. The Balaban J connectivity index is 2.02. The lowest BCUT2D eigenvalue weighted by atomic mass is 10.2. The lowest BCUT2D eigenvalue weighted by Crippen LogP contribution is -2.30. The van der Waals surface area contributed by atoms with E-state index in [1.807, 2.05) is 36.1 Å². The van der Waals surface area contributed by atoms with Crippen molar-refractivity contribution in [2.75, 3.05) is 13.1 Å².